The van der Waals surface area contributed by atoms with Crippen LogP contribution in [0.4, 0.5) is 10.1 Å². The van der Waals surface area contributed by atoms with Crippen molar-refractivity contribution in [1.29, 1.82) is 0 Å². The zero-order chi connectivity index (χ0) is 22.9. The molecule has 2 aromatic carbocycles. The first-order valence-corrected chi connectivity index (χ1v) is 11.7. The molecule has 0 saturated heterocycles. The van der Waals surface area contributed by atoms with Crippen LogP contribution in [0.15, 0.2) is 55.0 Å². The number of esters is 1. The Bertz CT molecular complexity index is 1290. The standard InChI is InChI=1S/C22H20FN3O5S/c1-32(29,30)26-10-2-3-15-11-16(4-9-19(15)26)21(27)13-31-22(28)20-12-24-14-25(20)18-7-5-17(23)6-8-18/h4-9,11-12,14H,2-3,10,13H2,1H3. The Labute approximate surface area is 184 Å². The van der Waals surface area contributed by atoms with E-state index in [0.29, 0.717) is 36.3 Å². The van der Waals surface area contributed by atoms with Crippen molar-refractivity contribution in [3.8, 4) is 5.69 Å². The molecule has 8 nitrogen and oxygen atoms in total. The highest BCUT2D eigenvalue weighted by Gasteiger charge is 2.25. The summed E-state index contributed by atoms with van der Waals surface area (Å²) in [5, 5.41) is 0. The van der Waals surface area contributed by atoms with Crippen LogP contribution in [-0.4, -0.2) is 49.1 Å². The maximum Gasteiger partial charge on any atom is 0.357 e. The number of nitrogens with zero attached hydrogens (tertiary/aromatic N) is 3. The molecule has 0 unspecified atom stereocenters. The number of fused-ring (bicyclic) bond motifs is 1. The second kappa shape index (κ2) is 8.54. The van der Waals surface area contributed by atoms with Gasteiger partial charge in [0, 0.05) is 17.8 Å². The number of anilines is 1. The molecule has 0 N–H and O–H groups in total. The topological polar surface area (TPSA) is 98.6 Å². The number of aryl methyl sites for hydroxylation is 1. The van der Waals surface area contributed by atoms with E-state index in [9.17, 15) is 22.4 Å². The molecule has 0 atom stereocenters. The van der Waals surface area contributed by atoms with Crippen molar-refractivity contribution in [2.24, 2.45) is 0 Å². The number of sulfonamides is 1. The van der Waals surface area contributed by atoms with Gasteiger partial charge >= 0.3 is 5.97 Å². The third kappa shape index (κ3) is 4.40. The molecule has 1 aliphatic rings. The fraction of sp³-hybridized carbons (Fsp3) is 0.227. The van der Waals surface area contributed by atoms with E-state index in [0.717, 1.165) is 11.8 Å². The number of imidazole rings is 1. The number of carbonyl (C=O) groups excluding carboxylic acids is 2. The van der Waals surface area contributed by atoms with Gasteiger partial charge in [-0.1, -0.05) is 0 Å². The van der Waals surface area contributed by atoms with Crippen LogP contribution in [0, 0.1) is 5.82 Å². The van der Waals surface area contributed by atoms with Crippen molar-refractivity contribution < 1.29 is 27.1 Å². The summed E-state index contributed by atoms with van der Waals surface area (Å²) in [6.45, 7) is -0.0829. The molecule has 0 bridgehead atoms. The van der Waals surface area contributed by atoms with Gasteiger partial charge in [0.05, 0.1) is 24.5 Å². The SMILES string of the molecule is CS(=O)(=O)N1CCCc2cc(C(=O)COC(=O)c3cncn3-c3ccc(F)cc3)ccc21. The number of Topliss-reactive ketones (excluding diaryl/α,β-unsaturated/α-hetero) is 1. The minimum absolute atomic E-state index is 0.0960. The van der Waals surface area contributed by atoms with E-state index in [2.05, 4.69) is 4.98 Å². The van der Waals surface area contributed by atoms with Gasteiger partial charge in [-0.15, -0.1) is 0 Å². The monoisotopic (exact) mass is 457 g/mol. The normalized spacial score (nSPS) is 13.5. The van der Waals surface area contributed by atoms with Crippen molar-refractivity contribution in [2.45, 2.75) is 12.8 Å². The van der Waals surface area contributed by atoms with E-state index in [1.807, 2.05) is 0 Å². The minimum Gasteiger partial charge on any atom is -0.453 e. The van der Waals surface area contributed by atoms with Crippen LogP contribution >= 0.6 is 0 Å². The fourth-order valence-corrected chi connectivity index (χ4v) is 4.62. The number of ketones is 1. The van der Waals surface area contributed by atoms with E-state index in [1.54, 1.807) is 12.1 Å². The lowest BCUT2D eigenvalue weighted by atomic mass is 9.99. The number of hydrogen-bond acceptors (Lipinski definition) is 6. The van der Waals surface area contributed by atoms with Gasteiger partial charge < -0.3 is 4.74 Å². The Balaban J connectivity index is 1.47. The molecule has 4 rings (SSSR count). The lowest BCUT2D eigenvalue weighted by Crippen LogP contribution is -2.34. The summed E-state index contributed by atoms with van der Waals surface area (Å²) in [5.74, 6) is -1.57. The van der Waals surface area contributed by atoms with Gasteiger partial charge in [0.1, 0.15) is 5.82 Å². The van der Waals surface area contributed by atoms with E-state index in [-0.39, 0.29) is 5.69 Å². The minimum atomic E-state index is -3.40. The fourth-order valence-electron chi connectivity index (χ4n) is 3.62. The van der Waals surface area contributed by atoms with E-state index < -0.39 is 34.2 Å². The maximum atomic E-state index is 13.2. The highest BCUT2D eigenvalue weighted by Crippen LogP contribution is 2.30. The molecule has 3 aromatic rings. The van der Waals surface area contributed by atoms with Crippen molar-refractivity contribution in [2.75, 3.05) is 23.7 Å². The first-order valence-electron chi connectivity index (χ1n) is 9.83. The van der Waals surface area contributed by atoms with Gasteiger partial charge in [-0.2, -0.15) is 0 Å². The van der Waals surface area contributed by atoms with Gasteiger partial charge in [0.15, 0.2) is 18.1 Å². The quantitative estimate of drug-likeness (QED) is 0.417. The summed E-state index contributed by atoms with van der Waals surface area (Å²) in [6.07, 6.45) is 5.15. The highest BCUT2D eigenvalue weighted by molar-refractivity contribution is 7.92. The van der Waals surface area contributed by atoms with Gasteiger partial charge in [-0.3, -0.25) is 13.7 Å². The number of rotatable bonds is 6. The average molecular weight is 457 g/mol. The molecule has 0 spiro atoms. The summed E-state index contributed by atoms with van der Waals surface area (Å²) in [5.41, 5.74) is 2.27. The molecule has 0 radical (unpaired) electrons. The Hall–Kier alpha value is -3.53. The Morgan fingerprint density at radius 1 is 1.16 bits per heavy atom. The van der Waals surface area contributed by atoms with Crippen molar-refractivity contribution in [3.05, 3.63) is 77.6 Å². The number of benzene rings is 2. The molecule has 1 aromatic heterocycles. The maximum absolute atomic E-state index is 13.2. The molecule has 0 aliphatic carbocycles. The Morgan fingerprint density at radius 3 is 2.62 bits per heavy atom. The number of ether oxygens (including phenoxy) is 1. The Kier molecular flexibility index (Phi) is 5.79. The number of hydrogen-bond donors (Lipinski definition) is 0. The van der Waals surface area contributed by atoms with Crippen molar-refractivity contribution in [3.63, 3.8) is 0 Å². The lowest BCUT2D eigenvalue weighted by molar-refractivity contribution is 0.0466. The third-order valence-corrected chi connectivity index (χ3v) is 6.34. The van der Waals surface area contributed by atoms with Crippen LogP contribution in [0.25, 0.3) is 5.69 Å². The number of aromatic nitrogens is 2. The van der Waals surface area contributed by atoms with Crippen molar-refractivity contribution >= 4 is 27.5 Å². The summed E-state index contributed by atoms with van der Waals surface area (Å²) >= 11 is 0. The summed E-state index contributed by atoms with van der Waals surface area (Å²) in [6, 6.07) is 10.3. The largest absolute Gasteiger partial charge is 0.453 e. The summed E-state index contributed by atoms with van der Waals surface area (Å²) in [7, 11) is -3.40. The van der Waals surface area contributed by atoms with E-state index in [1.165, 1.54) is 51.7 Å². The molecule has 2 heterocycles. The highest BCUT2D eigenvalue weighted by atomic mass is 32.2. The molecule has 0 amide bonds. The molecule has 166 valence electrons. The molecular weight excluding hydrogens is 437 g/mol. The molecule has 0 saturated carbocycles. The number of halogens is 1. The zero-order valence-corrected chi connectivity index (χ0v) is 18.0. The second-order valence-electron chi connectivity index (χ2n) is 7.41. The zero-order valence-electron chi connectivity index (χ0n) is 17.2. The molecule has 1 aliphatic heterocycles. The van der Waals surface area contributed by atoms with Crippen LogP contribution in [0.5, 0.6) is 0 Å². The smallest absolute Gasteiger partial charge is 0.357 e. The molecule has 32 heavy (non-hydrogen) atoms. The van der Waals surface area contributed by atoms with Gasteiger partial charge in [0.25, 0.3) is 0 Å². The number of carbonyl (C=O) groups is 2. The van der Waals surface area contributed by atoms with Crippen LogP contribution in [0.3, 0.4) is 0 Å². The molecule has 0 fully saturated rings. The average Bonchev–Trinajstić information content (AvgIpc) is 3.26. The van der Waals surface area contributed by atoms with E-state index >= 15 is 0 Å². The van der Waals surface area contributed by atoms with Crippen LogP contribution < -0.4 is 4.31 Å². The Morgan fingerprint density at radius 2 is 1.91 bits per heavy atom. The molecular formula is C22H20FN3O5S. The predicted octanol–water partition coefficient (Wildman–Crippen LogP) is 2.76. The van der Waals surface area contributed by atoms with Gasteiger partial charge in [-0.05, 0) is 60.9 Å². The lowest BCUT2D eigenvalue weighted by Gasteiger charge is -2.29. The first kappa shape index (κ1) is 21.7. The van der Waals surface area contributed by atoms with Crippen LogP contribution in [0.1, 0.15) is 32.8 Å². The second-order valence-corrected chi connectivity index (χ2v) is 9.31. The summed E-state index contributed by atoms with van der Waals surface area (Å²) in [4.78, 5) is 29.0. The molecule has 10 heteroatoms. The van der Waals surface area contributed by atoms with Crippen molar-refractivity contribution in [1.82, 2.24) is 9.55 Å². The van der Waals surface area contributed by atoms with Crippen LogP contribution in [-0.2, 0) is 21.2 Å². The van der Waals surface area contributed by atoms with E-state index in [4.69, 9.17) is 4.74 Å². The third-order valence-electron chi connectivity index (χ3n) is 5.16. The van der Waals surface area contributed by atoms with Gasteiger partial charge in [-0.25, -0.2) is 22.6 Å². The summed E-state index contributed by atoms with van der Waals surface area (Å²) < 4.78 is 45.1. The predicted molar refractivity (Wildman–Crippen MR) is 115 cm³/mol. The van der Waals surface area contributed by atoms with Gasteiger partial charge in [0.2, 0.25) is 10.0 Å². The first-order chi connectivity index (χ1) is 15.2. The van der Waals surface area contributed by atoms with Crippen LogP contribution in [0.2, 0.25) is 0 Å².